The fourth-order valence-electron chi connectivity index (χ4n) is 9.03. The van der Waals surface area contributed by atoms with Crippen molar-refractivity contribution in [3.05, 3.63) is 12.2 Å². The van der Waals surface area contributed by atoms with Crippen molar-refractivity contribution in [3.8, 4) is 0 Å². The van der Waals surface area contributed by atoms with Gasteiger partial charge in [0.1, 0.15) is 13.2 Å². The van der Waals surface area contributed by atoms with Crippen molar-refractivity contribution in [1.29, 1.82) is 0 Å². The molecule has 66 heavy (non-hydrogen) atoms. The predicted molar refractivity (Wildman–Crippen MR) is 284 cm³/mol. The van der Waals surface area contributed by atoms with E-state index in [2.05, 4.69) is 32.9 Å². The second kappa shape index (κ2) is 55.7. The van der Waals surface area contributed by atoms with E-state index in [1.54, 1.807) is 0 Å². The summed E-state index contributed by atoms with van der Waals surface area (Å²) in [5.41, 5.74) is 0. The number of allylic oxidation sites excluding steroid dienone is 2. The molecule has 0 amide bonds. The molecule has 0 saturated carbocycles. The molecule has 0 aromatic heterocycles. The van der Waals surface area contributed by atoms with E-state index in [1.807, 2.05) is 0 Å². The number of ether oxygens (including phenoxy) is 3. The van der Waals surface area contributed by atoms with Gasteiger partial charge in [-0.1, -0.05) is 283 Å². The zero-order valence-electron chi connectivity index (χ0n) is 44.7. The molecule has 0 saturated heterocycles. The molecule has 0 aliphatic carbocycles. The zero-order valence-corrected chi connectivity index (χ0v) is 44.7. The minimum absolute atomic E-state index is 0.0663. The molecule has 0 spiro atoms. The number of unbranched alkanes of at least 4 members (excludes halogenated alkanes) is 42. The van der Waals surface area contributed by atoms with Crippen LogP contribution in [0.1, 0.15) is 335 Å². The van der Waals surface area contributed by atoms with Crippen LogP contribution in [0.5, 0.6) is 0 Å². The average Bonchev–Trinajstić information content (AvgIpc) is 3.31. The van der Waals surface area contributed by atoms with Crippen LogP contribution in [0.25, 0.3) is 0 Å². The van der Waals surface area contributed by atoms with Gasteiger partial charge in [-0.2, -0.15) is 0 Å². The molecule has 6 nitrogen and oxygen atoms in total. The normalized spacial score (nSPS) is 12.0. The van der Waals surface area contributed by atoms with Gasteiger partial charge in [0, 0.05) is 19.3 Å². The van der Waals surface area contributed by atoms with Crippen molar-refractivity contribution >= 4 is 17.9 Å². The highest BCUT2D eigenvalue weighted by atomic mass is 16.6. The second-order valence-electron chi connectivity index (χ2n) is 20.3. The van der Waals surface area contributed by atoms with Gasteiger partial charge in [-0.25, -0.2) is 0 Å². The summed E-state index contributed by atoms with van der Waals surface area (Å²) in [6.07, 6.45) is 63.4. The summed E-state index contributed by atoms with van der Waals surface area (Å²) in [4.78, 5) is 38.2. The smallest absolute Gasteiger partial charge is 0.306 e. The SMILES string of the molecule is CCCCCCCCC/C=C\CCCCCCCC(=O)OC[C@@H](COC(=O)CCCCCCCCCCCCCCCCCC)OC(=O)CCCCCCCCCCCCCCCCCC. The van der Waals surface area contributed by atoms with Gasteiger partial charge in [0.25, 0.3) is 0 Å². The van der Waals surface area contributed by atoms with E-state index >= 15 is 0 Å². The fraction of sp³-hybridized carbons (Fsp3) is 0.917. The number of rotatable bonds is 55. The molecule has 0 bridgehead atoms. The molecule has 0 N–H and O–H groups in total. The van der Waals surface area contributed by atoms with E-state index in [4.69, 9.17) is 14.2 Å². The topological polar surface area (TPSA) is 78.9 Å². The number of esters is 3. The van der Waals surface area contributed by atoms with Crippen LogP contribution in [0.15, 0.2) is 12.2 Å². The van der Waals surface area contributed by atoms with E-state index in [0.29, 0.717) is 19.3 Å². The van der Waals surface area contributed by atoms with Crippen LogP contribution >= 0.6 is 0 Å². The maximum absolute atomic E-state index is 12.9. The minimum atomic E-state index is -0.767. The molecule has 0 rings (SSSR count). The van der Waals surface area contributed by atoms with Gasteiger partial charge < -0.3 is 14.2 Å². The summed E-state index contributed by atoms with van der Waals surface area (Å²) < 4.78 is 16.9. The third-order valence-electron chi connectivity index (χ3n) is 13.5. The first kappa shape index (κ1) is 64.2. The Morgan fingerprint density at radius 3 is 0.758 bits per heavy atom. The molecule has 0 aliphatic rings. The van der Waals surface area contributed by atoms with Crippen LogP contribution in [0.2, 0.25) is 0 Å². The molecule has 0 aromatic rings. The van der Waals surface area contributed by atoms with Gasteiger partial charge in [-0.05, 0) is 44.9 Å². The third-order valence-corrected chi connectivity index (χ3v) is 13.5. The van der Waals surface area contributed by atoms with Crippen LogP contribution in [0.3, 0.4) is 0 Å². The van der Waals surface area contributed by atoms with Crippen LogP contribution in [0, 0.1) is 0 Å². The molecule has 390 valence electrons. The summed E-state index contributed by atoms with van der Waals surface area (Å²) in [6, 6.07) is 0. The Hall–Kier alpha value is -1.85. The van der Waals surface area contributed by atoms with Crippen LogP contribution in [-0.4, -0.2) is 37.2 Å². The Morgan fingerprint density at radius 1 is 0.288 bits per heavy atom. The lowest BCUT2D eigenvalue weighted by Crippen LogP contribution is -2.30. The van der Waals surface area contributed by atoms with Gasteiger partial charge in [-0.15, -0.1) is 0 Å². The van der Waals surface area contributed by atoms with E-state index in [1.165, 1.54) is 231 Å². The first-order valence-corrected chi connectivity index (χ1v) is 29.7. The lowest BCUT2D eigenvalue weighted by atomic mass is 10.0. The Bertz CT molecular complexity index is 1020. The fourth-order valence-corrected chi connectivity index (χ4v) is 9.03. The quantitative estimate of drug-likeness (QED) is 0.0262. The highest BCUT2D eigenvalue weighted by Crippen LogP contribution is 2.17. The molecule has 0 heterocycles. The van der Waals surface area contributed by atoms with Gasteiger partial charge >= 0.3 is 17.9 Å². The summed E-state index contributed by atoms with van der Waals surface area (Å²) >= 11 is 0. The molecule has 0 fully saturated rings. The third kappa shape index (κ3) is 53.1. The van der Waals surface area contributed by atoms with Gasteiger partial charge in [-0.3, -0.25) is 14.4 Å². The lowest BCUT2D eigenvalue weighted by molar-refractivity contribution is -0.167. The molecule has 6 heteroatoms. The van der Waals surface area contributed by atoms with Crippen molar-refractivity contribution in [2.24, 2.45) is 0 Å². The van der Waals surface area contributed by atoms with Crippen LogP contribution in [-0.2, 0) is 28.6 Å². The summed E-state index contributed by atoms with van der Waals surface area (Å²) in [7, 11) is 0. The number of carbonyl (C=O) groups is 3. The highest BCUT2D eigenvalue weighted by molar-refractivity contribution is 5.71. The van der Waals surface area contributed by atoms with Crippen LogP contribution < -0.4 is 0 Å². The van der Waals surface area contributed by atoms with E-state index in [-0.39, 0.29) is 31.1 Å². The monoisotopic (exact) mass is 931 g/mol. The second-order valence-corrected chi connectivity index (χ2v) is 20.3. The molecule has 0 radical (unpaired) electrons. The molecule has 0 aliphatic heterocycles. The summed E-state index contributed by atoms with van der Waals surface area (Å²) in [6.45, 7) is 6.69. The van der Waals surface area contributed by atoms with E-state index in [0.717, 1.165) is 64.2 Å². The van der Waals surface area contributed by atoms with Gasteiger partial charge in [0.2, 0.25) is 0 Å². The molecular weight excluding hydrogens is 817 g/mol. The Labute approximate surface area is 411 Å². The van der Waals surface area contributed by atoms with Crippen molar-refractivity contribution in [3.63, 3.8) is 0 Å². The molecule has 0 unspecified atom stereocenters. The first-order valence-electron chi connectivity index (χ1n) is 29.7. The van der Waals surface area contributed by atoms with E-state index in [9.17, 15) is 14.4 Å². The van der Waals surface area contributed by atoms with Gasteiger partial charge in [0.05, 0.1) is 0 Å². The van der Waals surface area contributed by atoms with Crippen LogP contribution in [0.4, 0.5) is 0 Å². The van der Waals surface area contributed by atoms with Crippen molar-refractivity contribution in [2.75, 3.05) is 13.2 Å². The Kier molecular flexibility index (Phi) is 54.2. The Morgan fingerprint density at radius 2 is 0.500 bits per heavy atom. The zero-order chi connectivity index (χ0) is 47.9. The Balaban J connectivity index is 4.32. The number of hydrogen-bond acceptors (Lipinski definition) is 6. The summed E-state index contributed by atoms with van der Waals surface area (Å²) in [5.74, 6) is -0.848. The highest BCUT2D eigenvalue weighted by Gasteiger charge is 2.19. The maximum atomic E-state index is 12.9. The van der Waals surface area contributed by atoms with Gasteiger partial charge in [0.15, 0.2) is 6.10 Å². The first-order chi connectivity index (χ1) is 32.5. The molecule has 1 atom stereocenters. The standard InChI is InChI=1S/C60H114O6/c1-4-7-10-13-16-19-22-25-28-31-34-37-40-43-46-49-52-58(61)64-55-57(66-60(63)54-51-48-45-42-39-36-33-30-27-24-21-18-15-12-9-6-3)56-65-59(62)53-50-47-44-41-38-35-32-29-26-23-20-17-14-11-8-5-2/h28,31,57H,4-27,29-30,32-56H2,1-3H3/b31-28-/t57-/m0/s1. The molecule has 0 aromatic carbocycles. The van der Waals surface area contributed by atoms with E-state index < -0.39 is 6.10 Å². The van der Waals surface area contributed by atoms with Crippen molar-refractivity contribution in [2.45, 2.75) is 341 Å². The number of carbonyl (C=O) groups excluding carboxylic acids is 3. The predicted octanol–water partition coefficient (Wildman–Crippen LogP) is 19.7. The number of hydrogen-bond donors (Lipinski definition) is 0. The lowest BCUT2D eigenvalue weighted by Gasteiger charge is -2.18. The van der Waals surface area contributed by atoms with Crippen molar-refractivity contribution in [1.82, 2.24) is 0 Å². The molecular formula is C60H114O6. The largest absolute Gasteiger partial charge is 0.462 e. The average molecular weight is 932 g/mol. The minimum Gasteiger partial charge on any atom is -0.462 e. The maximum Gasteiger partial charge on any atom is 0.306 e. The summed E-state index contributed by atoms with van der Waals surface area (Å²) in [5, 5.41) is 0. The van der Waals surface area contributed by atoms with Crippen molar-refractivity contribution < 1.29 is 28.6 Å².